The van der Waals surface area contributed by atoms with Crippen molar-refractivity contribution in [1.29, 1.82) is 0 Å². The second-order valence-corrected chi connectivity index (χ2v) is 14.4. The van der Waals surface area contributed by atoms with Crippen LogP contribution in [0, 0.1) is 52.3 Å². The molecule has 0 aliphatic heterocycles. The van der Waals surface area contributed by atoms with Crippen molar-refractivity contribution in [2.24, 2.45) is 52.3 Å². The summed E-state index contributed by atoms with van der Waals surface area (Å²) in [5, 5.41) is 53.5. The lowest BCUT2D eigenvalue weighted by molar-refractivity contribution is -0.207. The summed E-state index contributed by atoms with van der Waals surface area (Å²) in [7, 11) is -4.65. The molecular weight excluding hydrogens is 500 g/mol. The molecule has 4 fully saturated rings. The van der Waals surface area contributed by atoms with Crippen molar-refractivity contribution in [3.63, 3.8) is 0 Å². The average Bonchev–Trinajstić information content (AvgIpc) is 3.17. The van der Waals surface area contributed by atoms with Gasteiger partial charge in [-0.3, -0.25) is 4.55 Å². The van der Waals surface area contributed by atoms with E-state index in [0.717, 1.165) is 38.5 Å². The van der Waals surface area contributed by atoms with Crippen LogP contribution >= 0.6 is 0 Å². The molecule has 37 heavy (non-hydrogen) atoms. The van der Waals surface area contributed by atoms with Gasteiger partial charge in [0.05, 0.1) is 37.6 Å². The molecule has 0 aromatic heterocycles. The number of hydrogen-bond acceptors (Lipinski definition) is 8. The predicted molar refractivity (Wildman–Crippen MR) is 136 cm³/mol. The fourth-order valence-electron chi connectivity index (χ4n) is 9.46. The summed E-state index contributed by atoms with van der Waals surface area (Å²) in [6.45, 7) is 5.67. The fraction of sp³-hybridized carbons (Fsp3) is 1.00. The summed E-state index contributed by atoms with van der Waals surface area (Å²) in [4.78, 5) is 0. The Kier molecular flexibility index (Phi) is 8.75. The van der Waals surface area contributed by atoms with Gasteiger partial charge in [0.15, 0.2) is 0 Å². The Labute approximate surface area is 221 Å². The molecule has 0 bridgehead atoms. The van der Waals surface area contributed by atoms with Crippen LogP contribution in [-0.2, 0) is 14.6 Å². The minimum Gasteiger partial charge on any atom is -0.396 e. The highest BCUT2D eigenvalue weighted by atomic mass is 32.3. The van der Waals surface area contributed by atoms with Crippen molar-refractivity contribution < 1.29 is 42.7 Å². The van der Waals surface area contributed by atoms with Gasteiger partial charge in [-0.25, -0.2) is 4.18 Å². The first kappa shape index (κ1) is 29.6. The third-order valence-electron chi connectivity index (χ3n) is 11.6. The molecule has 0 aromatic rings. The second-order valence-electron chi connectivity index (χ2n) is 13.3. The van der Waals surface area contributed by atoms with Crippen LogP contribution < -0.4 is 0 Å². The fourth-order valence-corrected chi connectivity index (χ4v) is 9.81. The summed E-state index contributed by atoms with van der Waals surface area (Å²) in [5.74, 6) is 0.439. The van der Waals surface area contributed by atoms with Gasteiger partial charge in [0.25, 0.3) is 0 Å². The Morgan fingerprint density at radius 1 is 1.00 bits per heavy atom. The van der Waals surface area contributed by atoms with Crippen LogP contribution in [0.1, 0.15) is 78.6 Å². The van der Waals surface area contributed by atoms with Gasteiger partial charge < -0.3 is 25.5 Å². The maximum absolute atomic E-state index is 11.7. The van der Waals surface area contributed by atoms with Crippen LogP contribution in [0.2, 0.25) is 0 Å². The molecule has 4 rings (SSSR count). The molecular formula is C27H48O9S. The first-order chi connectivity index (χ1) is 17.2. The molecule has 0 radical (unpaired) electrons. The SMILES string of the molecule is C[C@H](CC[C@H](O)[C@H](CO)COS(=O)(=O)O)C1CCC2C3C(O)CC4C[C@H](O)CCC4(C)C3CC(O)C21C. The topological polar surface area (TPSA) is 165 Å². The molecule has 6 N–H and O–H groups in total. The summed E-state index contributed by atoms with van der Waals surface area (Å²) in [5.41, 5.74) is -0.309. The van der Waals surface area contributed by atoms with Crippen LogP contribution in [0.15, 0.2) is 0 Å². The van der Waals surface area contributed by atoms with Crippen LogP contribution in [0.3, 0.4) is 0 Å². The molecule has 13 atom stereocenters. The lowest BCUT2D eigenvalue weighted by atomic mass is 9.43. The summed E-state index contributed by atoms with van der Waals surface area (Å²) in [6, 6.07) is 0. The lowest BCUT2D eigenvalue weighted by Gasteiger charge is -2.63. The molecule has 4 aliphatic rings. The Hall–Kier alpha value is -0.330. The van der Waals surface area contributed by atoms with Crippen LogP contribution in [0.25, 0.3) is 0 Å². The largest absolute Gasteiger partial charge is 0.397 e. The maximum Gasteiger partial charge on any atom is 0.397 e. The van der Waals surface area contributed by atoms with Crippen molar-refractivity contribution in [2.75, 3.05) is 13.2 Å². The van der Waals surface area contributed by atoms with Gasteiger partial charge in [-0.15, -0.1) is 0 Å². The quantitative estimate of drug-likeness (QED) is 0.237. The number of fused-ring (bicyclic) bond motifs is 5. The van der Waals surface area contributed by atoms with Crippen molar-refractivity contribution in [3.8, 4) is 0 Å². The molecule has 0 spiro atoms. The highest BCUT2D eigenvalue weighted by Gasteiger charge is 2.65. The van der Waals surface area contributed by atoms with E-state index in [9.17, 15) is 34.0 Å². The maximum atomic E-state index is 11.7. The molecule has 9 nitrogen and oxygen atoms in total. The van der Waals surface area contributed by atoms with E-state index in [1.807, 2.05) is 0 Å². The third kappa shape index (κ3) is 5.51. The van der Waals surface area contributed by atoms with Gasteiger partial charge in [-0.2, -0.15) is 8.42 Å². The van der Waals surface area contributed by atoms with E-state index in [4.69, 9.17) is 4.55 Å². The molecule has 0 amide bonds. The molecule has 9 unspecified atom stereocenters. The van der Waals surface area contributed by atoms with Crippen molar-refractivity contribution in [2.45, 2.75) is 103 Å². The van der Waals surface area contributed by atoms with Crippen LogP contribution in [0.5, 0.6) is 0 Å². The van der Waals surface area contributed by atoms with Gasteiger partial charge in [0.2, 0.25) is 0 Å². The number of aliphatic hydroxyl groups excluding tert-OH is 5. The number of rotatable bonds is 9. The lowest BCUT2D eigenvalue weighted by Crippen LogP contribution is -2.62. The highest BCUT2D eigenvalue weighted by Crippen LogP contribution is 2.68. The molecule has 0 heterocycles. The summed E-state index contributed by atoms with van der Waals surface area (Å²) in [6.07, 6.45) is 4.54. The Morgan fingerprint density at radius 3 is 2.35 bits per heavy atom. The zero-order valence-electron chi connectivity index (χ0n) is 22.4. The molecule has 0 aromatic carbocycles. The van der Waals surface area contributed by atoms with E-state index >= 15 is 0 Å². The third-order valence-corrected chi connectivity index (χ3v) is 12.1. The average molecular weight is 549 g/mol. The Morgan fingerprint density at radius 2 is 1.70 bits per heavy atom. The molecule has 216 valence electrons. The standard InChI is InChI=1S/C27H48O9S/c1-15(4-7-22(30)16(13-28)14-36-37(33,34)35)19-5-6-20-25-21(12-24(32)27(19,20)3)26(2)9-8-18(29)10-17(26)11-23(25)31/h15-25,28-32H,4-14H2,1-3H3,(H,33,34,35)/t15-,16-,17?,18-,19?,20?,21?,22+,23?,24?,25?,26?,27?/m1/s1. The Bertz CT molecular complexity index is 898. The van der Waals surface area contributed by atoms with Crippen LogP contribution in [0.4, 0.5) is 0 Å². The minimum atomic E-state index is -4.65. The van der Waals surface area contributed by atoms with Gasteiger partial charge in [-0.05, 0) is 104 Å². The molecule has 0 saturated heterocycles. The van der Waals surface area contributed by atoms with E-state index in [1.165, 1.54) is 0 Å². The van der Waals surface area contributed by atoms with E-state index in [1.54, 1.807) is 0 Å². The predicted octanol–water partition coefficient (Wildman–Crippen LogP) is 2.15. The zero-order valence-corrected chi connectivity index (χ0v) is 23.3. The molecule has 4 saturated carbocycles. The van der Waals surface area contributed by atoms with Gasteiger partial charge in [-0.1, -0.05) is 20.8 Å². The normalized spacial score (nSPS) is 46.4. The zero-order chi connectivity index (χ0) is 27.3. The van der Waals surface area contributed by atoms with Crippen molar-refractivity contribution in [1.82, 2.24) is 0 Å². The van der Waals surface area contributed by atoms with Crippen LogP contribution in [-0.4, -0.2) is 76.1 Å². The minimum absolute atomic E-state index is 0.0304. The van der Waals surface area contributed by atoms with Crippen molar-refractivity contribution in [3.05, 3.63) is 0 Å². The highest BCUT2D eigenvalue weighted by molar-refractivity contribution is 7.80. The number of hydrogen-bond donors (Lipinski definition) is 6. The van der Waals surface area contributed by atoms with Gasteiger partial charge in [0.1, 0.15) is 0 Å². The second kappa shape index (κ2) is 10.9. The summed E-state index contributed by atoms with van der Waals surface area (Å²) < 4.78 is 34.9. The first-order valence-electron chi connectivity index (χ1n) is 14.2. The van der Waals surface area contributed by atoms with Gasteiger partial charge >= 0.3 is 10.4 Å². The first-order valence-corrected chi connectivity index (χ1v) is 15.5. The molecule has 10 heteroatoms. The van der Waals surface area contributed by atoms with Gasteiger partial charge in [0, 0.05) is 5.92 Å². The van der Waals surface area contributed by atoms with E-state index in [0.29, 0.717) is 19.3 Å². The molecule has 4 aliphatic carbocycles. The van der Waals surface area contributed by atoms with Crippen molar-refractivity contribution >= 4 is 10.4 Å². The summed E-state index contributed by atoms with van der Waals surface area (Å²) >= 11 is 0. The number of aliphatic hydroxyl groups is 5. The van der Waals surface area contributed by atoms with E-state index < -0.39 is 47.8 Å². The van der Waals surface area contributed by atoms with E-state index in [-0.39, 0.29) is 52.4 Å². The smallest absolute Gasteiger partial charge is 0.396 e. The monoisotopic (exact) mass is 548 g/mol. The Balaban J connectivity index is 1.45. The van der Waals surface area contributed by atoms with E-state index in [2.05, 4.69) is 25.0 Å².